The zero-order valence-corrected chi connectivity index (χ0v) is 19.3. The number of nitrogens with one attached hydrogen (secondary N) is 2. The Morgan fingerprint density at radius 2 is 1.56 bits per heavy atom. The van der Waals surface area contributed by atoms with E-state index in [9.17, 15) is 35.9 Å². The summed E-state index contributed by atoms with van der Waals surface area (Å²) in [5.41, 5.74) is 3.85. The molecule has 0 radical (unpaired) electrons. The van der Waals surface area contributed by atoms with Gasteiger partial charge >= 0.3 is 12.4 Å². The third-order valence-electron chi connectivity index (χ3n) is 4.37. The van der Waals surface area contributed by atoms with E-state index in [1.54, 1.807) is 5.43 Å². The van der Waals surface area contributed by atoms with Crippen LogP contribution in [0.25, 0.3) is 6.08 Å². The molecule has 4 nitrogen and oxygen atoms in total. The van der Waals surface area contributed by atoms with Crippen molar-refractivity contribution in [2.45, 2.75) is 31.6 Å². The number of benzene rings is 2. The fourth-order valence-corrected chi connectivity index (χ4v) is 3.45. The van der Waals surface area contributed by atoms with Crippen molar-refractivity contribution in [2.24, 2.45) is 0 Å². The van der Waals surface area contributed by atoms with Gasteiger partial charge in [-0.1, -0.05) is 59.1 Å². The van der Waals surface area contributed by atoms with E-state index in [0.717, 1.165) is 18.2 Å². The summed E-state index contributed by atoms with van der Waals surface area (Å²) in [6.45, 7) is 1.46. The fraction of sp³-hybridized carbons (Fsp3) is 0.238. The largest absolute Gasteiger partial charge is 0.399 e. The Kier molecular flexibility index (Phi) is 8.90. The van der Waals surface area contributed by atoms with E-state index in [1.807, 2.05) is 5.43 Å². The van der Waals surface area contributed by atoms with E-state index < -0.39 is 36.5 Å². The zero-order chi connectivity index (χ0) is 25.8. The molecule has 13 heteroatoms. The molecule has 2 N–H and O–H groups in total. The molecule has 2 amide bonds. The van der Waals surface area contributed by atoms with E-state index in [1.165, 1.54) is 31.2 Å². The molecule has 0 heterocycles. The Bertz CT molecular complexity index is 1090. The number of hydrogen-bond donors (Lipinski definition) is 2. The van der Waals surface area contributed by atoms with Gasteiger partial charge < -0.3 is 0 Å². The van der Waals surface area contributed by atoms with Gasteiger partial charge in [-0.05, 0) is 41.8 Å². The molecule has 2 rings (SSSR count). The van der Waals surface area contributed by atoms with Gasteiger partial charge in [0.05, 0.1) is 21.0 Å². The van der Waals surface area contributed by atoms with Crippen LogP contribution in [0.4, 0.5) is 26.3 Å². The second kappa shape index (κ2) is 10.9. The Hall–Kier alpha value is -2.43. The number of carbonyl (C=O) groups is 2. The van der Waals surface area contributed by atoms with Crippen molar-refractivity contribution < 1.29 is 35.9 Å². The first-order chi connectivity index (χ1) is 15.6. The zero-order valence-electron chi connectivity index (χ0n) is 17.0. The summed E-state index contributed by atoms with van der Waals surface area (Å²) in [6, 6.07) is 6.08. The van der Waals surface area contributed by atoms with Crippen molar-refractivity contribution in [3.05, 3.63) is 73.7 Å². The smallest absolute Gasteiger partial charge is 0.273 e. The first-order valence-corrected chi connectivity index (χ1v) is 10.4. The van der Waals surface area contributed by atoms with Crippen LogP contribution in [-0.2, 0) is 4.79 Å². The third kappa shape index (κ3) is 7.82. The molecule has 0 spiro atoms. The normalized spacial score (nSPS) is 13.1. The van der Waals surface area contributed by atoms with Crippen molar-refractivity contribution in [2.75, 3.05) is 0 Å². The number of halogens is 9. The van der Waals surface area contributed by atoms with Crippen LogP contribution in [0.2, 0.25) is 15.1 Å². The molecule has 0 aliphatic rings. The van der Waals surface area contributed by atoms with Gasteiger partial charge in [-0.25, -0.2) is 0 Å². The van der Waals surface area contributed by atoms with Crippen LogP contribution < -0.4 is 10.9 Å². The second-order valence-corrected chi connectivity index (χ2v) is 8.24. The lowest BCUT2D eigenvalue weighted by atomic mass is 9.96. The molecule has 1 atom stereocenters. The van der Waals surface area contributed by atoms with Gasteiger partial charge in [0.1, 0.15) is 6.42 Å². The fourth-order valence-electron chi connectivity index (χ4n) is 2.84. The van der Waals surface area contributed by atoms with E-state index in [0.29, 0.717) is 11.1 Å². The number of carbonyl (C=O) groups excluding carboxylic acids is 2. The van der Waals surface area contributed by atoms with Gasteiger partial charge in [-0.2, -0.15) is 26.3 Å². The molecule has 0 fully saturated rings. The maximum absolute atomic E-state index is 13.6. The highest BCUT2D eigenvalue weighted by Crippen LogP contribution is 2.41. The topological polar surface area (TPSA) is 58.2 Å². The molecule has 2 aromatic rings. The van der Waals surface area contributed by atoms with Gasteiger partial charge in [-0.3, -0.25) is 20.4 Å². The Balaban J connectivity index is 2.20. The van der Waals surface area contributed by atoms with Crippen molar-refractivity contribution in [3.63, 3.8) is 0 Å². The molecule has 34 heavy (non-hydrogen) atoms. The number of alkyl halides is 6. The van der Waals surface area contributed by atoms with Crippen LogP contribution >= 0.6 is 34.8 Å². The summed E-state index contributed by atoms with van der Waals surface area (Å²) in [4.78, 5) is 23.3. The maximum Gasteiger partial charge on any atom is 0.399 e. The minimum absolute atomic E-state index is 0.00639. The van der Waals surface area contributed by atoms with Gasteiger partial charge in [0.2, 0.25) is 5.91 Å². The van der Waals surface area contributed by atoms with Crippen molar-refractivity contribution in [1.82, 2.24) is 10.9 Å². The lowest BCUT2D eigenvalue weighted by Crippen LogP contribution is -2.43. The third-order valence-corrected chi connectivity index (χ3v) is 5.57. The lowest BCUT2D eigenvalue weighted by Gasteiger charge is -2.18. The molecule has 184 valence electrons. The highest BCUT2D eigenvalue weighted by molar-refractivity contribution is 6.48. The van der Waals surface area contributed by atoms with Crippen LogP contribution in [-0.4, -0.2) is 24.2 Å². The number of allylic oxidation sites excluding steroid dienone is 1. The first kappa shape index (κ1) is 27.8. The SMILES string of the molecule is Cc1cc(C=CC(c2cc(Cl)c(Cl)c(Cl)c2)C(F)(F)F)ccc1C(=O)NNC(=O)CC(F)(F)F. The quantitative estimate of drug-likeness (QED) is 0.240. The molecular formula is C21H15Cl3F6N2O2. The number of hydrazine groups is 1. The minimum Gasteiger partial charge on any atom is -0.273 e. The Morgan fingerprint density at radius 3 is 2.06 bits per heavy atom. The average Bonchev–Trinajstić information content (AvgIpc) is 2.68. The summed E-state index contributed by atoms with van der Waals surface area (Å²) >= 11 is 17.5. The Morgan fingerprint density at radius 1 is 0.971 bits per heavy atom. The van der Waals surface area contributed by atoms with E-state index in [2.05, 4.69) is 0 Å². The first-order valence-electron chi connectivity index (χ1n) is 9.24. The number of rotatable bonds is 5. The number of hydrogen-bond acceptors (Lipinski definition) is 2. The Labute approximate surface area is 204 Å². The van der Waals surface area contributed by atoms with E-state index >= 15 is 0 Å². The standard InChI is InChI=1S/C21H15Cl3F6N2O2/c1-10-6-11(2-4-13(10)19(34)32-31-17(33)9-20(25,26)27)3-5-14(21(28,29)30)12-7-15(22)18(24)16(23)8-12/h2-8,14H,9H2,1H3,(H,31,33)(H,32,34). The van der Waals surface area contributed by atoms with Crippen LogP contribution in [0, 0.1) is 6.92 Å². The monoisotopic (exact) mass is 546 g/mol. The lowest BCUT2D eigenvalue weighted by molar-refractivity contribution is -0.154. The van der Waals surface area contributed by atoms with Crippen LogP contribution in [0.3, 0.4) is 0 Å². The molecule has 0 aromatic heterocycles. The second-order valence-electron chi connectivity index (χ2n) is 7.05. The summed E-state index contributed by atoms with van der Waals surface area (Å²) in [5, 5.41) is -0.350. The highest BCUT2D eigenvalue weighted by Gasteiger charge is 2.39. The van der Waals surface area contributed by atoms with Crippen LogP contribution in [0.1, 0.15) is 39.4 Å². The molecule has 0 aliphatic carbocycles. The average molecular weight is 548 g/mol. The molecule has 0 saturated heterocycles. The van der Waals surface area contributed by atoms with Gasteiger partial charge in [0.25, 0.3) is 5.91 Å². The molecular weight excluding hydrogens is 533 g/mol. The molecule has 2 aromatic carbocycles. The summed E-state index contributed by atoms with van der Waals surface area (Å²) < 4.78 is 77.4. The molecule has 0 bridgehead atoms. The van der Waals surface area contributed by atoms with Gasteiger partial charge in [0.15, 0.2) is 0 Å². The molecule has 0 saturated carbocycles. The summed E-state index contributed by atoms with van der Waals surface area (Å²) in [7, 11) is 0. The minimum atomic E-state index is -4.74. The van der Waals surface area contributed by atoms with E-state index in [4.69, 9.17) is 34.8 Å². The van der Waals surface area contributed by atoms with Crippen molar-refractivity contribution in [1.29, 1.82) is 0 Å². The number of amides is 2. The molecule has 0 aliphatic heterocycles. The molecule has 1 unspecified atom stereocenters. The predicted molar refractivity (Wildman–Crippen MR) is 117 cm³/mol. The summed E-state index contributed by atoms with van der Waals surface area (Å²) in [6.07, 6.45) is -9.15. The van der Waals surface area contributed by atoms with Crippen LogP contribution in [0.5, 0.6) is 0 Å². The van der Waals surface area contributed by atoms with Gasteiger partial charge in [0, 0.05) is 5.56 Å². The number of aryl methyl sites for hydroxylation is 1. The highest BCUT2D eigenvalue weighted by atomic mass is 35.5. The van der Waals surface area contributed by atoms with Crippen molar-refractivity contribution >= 4 is 52.7 Å². The maximum atomic E-state index is 13.6. The van der Waals surface area contributed by atoms with E-state index in [-0.39, 0.29) is 26.2 Å². The van der Waals surface area contributed by atoms with Gasteiger partial charge in [-0.15, -0.1) is 0 Å². The van der Waals surface area contributed by atoms with Crippen LogP contribution in [0.15, 0.2) is 36.4 Å². The predicted octanol–water partition coefficient (Wildman–Crippen LogP) is 7.03. The van der Waals surface area contributed by atoms with Crippen molar-refractivity contribution in [3.8, 4) is 0 Å². The summed E-state index contributed by atoms with van der Waals surface area (Å²) in [5.74, 6) is -4.42.